The highest BCUT2D eigenvalue weighted by Gasteiger charge is 2.15. The molecule has 0 bridgehead atoms. The molecule has 0 atom stereocenters. The molecule has 0 spiro atoms. The molecule has 2 aromatic heterocycles. The average Bonchev–Trinajstić information content (AvgIpc) is 2.99. The zero-order valence-corrected chi connectivity index (χ0v) is 11.4. The molecule has 2 rings (SSSR count). The fourth-order valence-electron chi connectivity index (χ4n) is 1.71. The summed E-state index contributed by atoms with van der Waals surface area (Å²) in [6.07, 6.45) is 5.48. The Morgan fingerprint density at radius 1 is 1.53 bits per heavy atom. The van der Waals surface area contributed by atoms with Crippen LogP contribution < -0.4 is 10.5 Å². The molecule has 0 aromatic carbocycles. The molecule has 19 heavy (non-hydrogen) atoms. The number of imidazole rings is 1. The van der Waals surface area contributed by atoms with Gasteiger partial charge in [-0.05, 0) is 6.07 Å². The molecule has 0 saturated heterocycles. The zero-order chi connectivity index (χ0) is 13.9. The number of aromatic nitrogens is 3. The third-order valence-corrected chi connectivity index (χ3v) is 4.25. The number of nitrogens with zero attached hydrogens (tertiary/aromatic N) is 2. The van der Waals surface area contributed by atoms with Gasteiger partial charge in [0.05, 0.1) is 4.90 Å². The lowest BCUT2D eigenvalue weighted by molar-refractivity contribution is 0.580. The molecule has 0 unspecified atom stereocenters. The van der Waals surface area contributed by atoms with Crippen LogP contribution in [0.1, 0.15) is 11.5 Å². The van der Waals surface area contributed by atoms with Crippen molar-refractivity contribution >= 4 is 10.0 Å². The molecule has 8 heteroatoms. The summed E-state index contributed by atoms with van der Waals surface area (Å²) in [5.41, 5.74) is 6.11. The molecule has 0 aliphatic heterocycles. The maximum Gasteiger partial charge on any atom is 0.242 e. The molecular weight excluding hydrogens is 266 g/mol. The zero-order valence-electron chi connectivity index (χ0n) is 10.6. The highest BCUT2D eigenvalue weighted by molar-refractivity contribution is 7.89. The van der Waals surface area contributed by atoms with E-state index in [1.807, 2.05) is 17.8 Å². The molecule has 0 saturated carbocycles. The van der Waals surface area contributed by atoms with Gasteiger partial charge in [0.2, 0.25) is 10.0 Å². The van der Waals surface area contributed by atoms with E-state index in [4.69, 9.17) is 5.73 Å². The Hall–Kier alpha value is -1.64. The lowest BCUT2D eigenvalue weighted by atomic mass is 10.4. The molecule has 0 aliphatic carbocycles. The Balaban J connectivity index is 1.96. The van der Waals surface area contributed by atoms with Crippen molar-refractivity contribution in [1.82, 2.24) is 19.3 Å². The number of rotatable bonds is 6. The van der Waals surface area contributed by atoms with Gasteiger partial charge in [0.1, 0.15) is 5.82 Å². The van der Waals surface area contributed by atoms with E-state index in [-0.39, 0.29) is 11.4 Å². The van der Waals surface area contributed by atoms with E-state index in [2.05, 4.69) is 14.7 Å². The Morgan fingerprint density at radius 3 is 2.89 bits per heavy atom. The van der Waals surface area contributed by atoms with Crippen molar-refractivity contribution in [3.63, 3.8) is 0 Å². The first kappa shape index (κ1) is 13.8. The lowest BCUT2D eigenvalue weighted by Crippen LogP contribution is -2.26. The highest BCUT2D eigenvalue weighted by atomic mass is 32.2. The van der Waals surface area contributed by atoms with Crippen LogP contribution in [0.25, 0.3) is 0 Å². The van der Waals surface area contributed by atoms with Gasteiger partial charge in [-0.1, -0.05) is 0 Å². The average molecular weight is 283 g/mol. The molecule has 4 N–H and O–H groups in total. The van der Waals surface area contributed by atoms with Gasteiger partial charge >= 0.3 is 0 Å². The topological polar surface area (TPSA) is 106 Å². The second-order valence-corrected chi connectivity index (χ2v) is 5.93. The number of hydrogen-bond acceptors (Lipinski definition) is 4. The molecule has 2 heterocycles. The summed E-state index contributed by atoms with van der Waals surface area (Å²) in [6, 6.07) is 1.53. The van der Waals surface area contributed by atoms with Crippen LogP contribution in [-0.4, -0.2) is 29.5 Å². The summed E-state index contributed by atoms with van der Waals surface area (Å²) in [4.78, 5) is 7.15. The molecule has 0 fully saturated rings. The van der Waals surface area contributed by atoms with Crippen molar-refractivity contribution in [3.05, 3.63) is 36.2 Å². The van der Waals surface area contributed by atoms with Crippen molar-refractivity contribution in [2.45, 2.75) is 17.9 Å². The SMILES string of the molecule is Cn1ccnc1CCNS(=O)(=O)c1c[nH]c(CN)c1. The first-order valence-corrected chi connectivity index (χ1v) is 7.34. The van der Waals surface area contributed by atoms with Gasteiger partial charge in [-0.2, -0.15) is 0 Å². The first-order chi connectivity index (χ1) is 9.03. The third kappa shape index (κ3) is 3.22. The van der Waals surface area contributed by atoms with Gasteiger partial charge in [-0.15, -0.1) is 0 Å². The fraction of sp³-hybridized carbons (Fsp3) is 0.364. The number of nitrogens with two attached hydrogens (primary N) is 1. The number of sulfonamides is 1. The largest absolute Gasteiger partial charge is 0.363 e. The second kappa shape index (κ2) is 5.55. The molecule has 2 aromatic rings. The summed E-state index contributed by atoms with van der Waals surface area (Å²) < 4.78 is 28.3. The number of nitrogens with one attached hydrogen (secondary N) is 2. The van der Waals surface area contributed by atoms with Crippen LogP contribution in [0.4, 0.5) is 0 Å². The Labute approximate surface area is 111 Å². The van der Waals surface area contributed by atoms with Crippen LogP contribution in [0.3, 0.4) is 0 Å². The molecule has 0 radical (unpaired) electrons. The lowest BCUT2D eigenvalue weighted by Gasteiger charge is -2.05. The Bertz CT molecular complexity index is 644. The molecule has 0 amide bonds. The van der Waals surface area contributed by atoms with E-state index >= 15 is 0 Å². The van der Waals surface area contributed by atoms with Crippen LogP contribution in [0.2, 0.25) is 0 Å². The predicted octanol–water partition coefficient (Wildman–Crippen LogP) is -0.272. The minimum Gasteiger partial charge on any atom is -0.363 e. The first-order valence-electron chi connectivity index (χ1n) is 5.86. The predicted molar refractivity (Wildman–Crippen MR) is 70.8 cm³/mol. The minimum absolute atomic E-state index is 0.202. The second-order valence-electron chi connectivity index (χ2n) is 4.17. The van der Waals surface area contributed by atoms with Crippen molar-refractivity contribution in [2.75, 3.05) is 6.54 Å². The van der Waals surface area contributed by atoms with Gasteiger partial charge in [0.25, 0.3) is 0 Å². The maximum absolute atomic E-state index is 12.0. The van der Waals surface area contributed by atoms with Gasteiger partial charge in [0, 0.05) is 50.8 Å². The minimum atomic E-state index is -3.49. The van der Waals surface area contributed by atoms with Crippen LogP contribution in [-0.2, 0) is 30.0 Å². The molecule has 104 valence electrons. The number of hydrogen-bond donors (Lipinski definition) is 3. The van der Waals surface area contributed by atoms with Crippen LogP contribution in [0, 0.1) is 0 Å². The maximum atomic E-state index is 12.0. The monoisotopic (exact) mass is 283 g/mol. The van der Waals surface area contributed by atoms with Crippen LogP contribution >= 0.6 is 0 Å². The Kier molecular flexibility index (Phi) is 4.03. The van der Waals surface area contributed by atoms with Crippen molar-refractivity contribution in [1.29, 1.82) is 0 Å². The van der Waals surface area contributed by atoms with E-state index in [0.29, 0.717) is 18.7 Å². The smallest absolute Gasteiger partial charge is 0.242 e. The third-order valence-electron chi connectivity index (χ3n) is 2.81. The van der Waals surface area contributed by atoms with Crippen LogP contribution in [0.5, 0.6) is 0 Å². The van der Waals surface area contributed by atoms with Crippen molar-refractivity contribution < 1.29 is 8.42 Å². The van der Waals surface area contributed by atoms with E-state index in [9.17, 15) is 8.42 Å². The van der Waals surface area contributed by atoms with E-state index in [1.54, 1.807) is 6.20 Å². The molecule has 0 aliphatic rings. The van der Waals surface area contributed by atoms with Crippen molar-refractivity contribution in [3.8, 4) is 0 Å². The fourth-order valence-corrected chi connectivity index (χ4v) is 2.76. The van der Waals surface area contributed by atoms with Gasteiger partial charge < -0.3 is 15.3 Å². The number of H-pyrrole nitrogens is 1. The van der Waals surface area contributed by atoms with Crippen LogP contribution in [0.15, 0.2) is 29.6 Å². The van der Waals surface area contributed by atoms with Crippen molar-refractivity contribution in [2.24, 2.45) is 12.8 Å². The highest BCUT2D eigenvalue weighted by Crippen LogP contribution is 2.10. The number of aryl methyl sites for hydroxylation is 1. The summed E-state index contributed by atoms with van der Waals surface area (Å²) >= 11 is 0. The standard InChI is InChI=1S/C11H17N5O2S/c1-16-5-4-13-11(16)2-3-15-19(17,18)10-6-9(7-12)14-8-10/h4-6,8,14-15H,2-3,7,12H2,1H3. The summed E-state index contributed by atoms with van der Waals surface area (Å²) in [7, 11) is -1.62. The normalized spacial score (nSPS) is 11.9. The van der Waals surface area contributed by atoms with E-state index in [1.165, 1.54) is 12.3 Å². The molecular formula is C11H17N5O2S. The quantitative estimate of drug-likeness (QED) is 0.678. The van der Waals surface area contributed by atoms with E-state index < -0.39 is 10.0 Å². The summed E-state index contributed by atoms with van der Waals surface area (Å²) in [6.45, 7) is 0.582. The van der Waals surface area contributed by atoms with Gasteiger partial charge in [-0.3, -0.25) is 0 Å². The summed E-state index contributed by atoms with van der Waals surface area (Å²) in [5, 5.41) is 0. The number of aromatic amines is 1. The van der Waals surface area contributed by atoms with Gasteiger partial charge in [0.15, 0.2) is 0 Å². The molecule has 7 nitrogen and oxygen atoms in total. The Morgan fingerprint density at radius 2 is 2.32 bits per heavy atom. The van der Waals surface area contributed by atoms with E-state index in [0.717, 1.165) is 5.82 Å². The summed E-state index contributed by atoms with van der Waals surface area (Å²) in [5.74, 6) is 0.833. The van der Waals surface area contributed by atoms with Gasteiger partial charge in [-0.25, -0.2) is 18.1 Å².